The Morgan fingerprint density at radius 2 is 2.00 bits per heavy atom. The summed E-state index contributed by atoms with van der Waals surface area (Å²) in [5.41, 5.74) is 0.337. The van der Waals surface area contributed by atoms with Gasteiger partial charge in [-0.3, -0.25) is 5.10 Å². The molecule has 2 heterocycles. The van der Waals surface area contributed by atoms with Crippen LogP contribution in [-0.4, -0.2) is 21.8 Å². The van der Waals surface area contributed by atoms with Crippen molar-refractivity contribution in [1.29, 1.82) is 0 Å². The molecule has 1 N–H and O–H groups in total. The summed E-state index contributed by atoms with van der Waals surface area (Å²) in [6, 6.07) is 8.04. The lowest BCUT2D eigenvalue weighted by Crippen LogP contribution is -2.04. The molecule has 0 spiro atoms. The summed E-state index contributed by atoms with van der Waals surface area (Å²) < 4.78 is 48.3. The van der Waals surface area contributed by atoms with Crippen molar-refractivity contribution in [3.63, 3.8) is 0 Å². The van der Waals surface area contributed by atoms with Gasteiger partial charge in [0.05, 0.1) is 12.4 Å². The average molecular weight is 321 g/mol. The Labute approximate surface area is 128 Å². The van der Waals surface area contributed by atoms with Crippen molar-refractivity contribution in [3.05, 3.63) is 54.6 Å². The Hall–Kier alpha value is -3.03. The maximum Gasteiger partial charge on any atom is 0.387 e. The largest absolute Gasteiger partial charge is 0.436 e. The second kappa shape index (κ2) is 6.39. The molecule has 8 heteroatoms. The second-order valence-electron chi connectivity index (χ2n) is 4.42. The number of pyridine rings is 1. The number of alkyl halides is 2. The molecule has 0 fully saturated rings. The van der Waals surface area contributed by atoms with Crippen molar-refractivity contribution in [2.75, 3.05) is 0 Å². The van der Waals surface area contributed by atoms with E-state index in [1.54, 1.807) is 0 Å². The van der Waals surface area contributed by atoms with E-state index in [2.05, 4.69) is 19.9 Å². The molecule has 2 aromatic heterocycles. The number of halogens is 3. The molecule has 0 amide bonds. The lowest BCUT2D eigenvalue weighted by molar-refractivity contribution is -0.0496. The Balaban J connectivity index is 2.01. The van der Waals surface area contributed by atoms with Gasteiger partial charge in [0.2, 0.25) is 5.88 Å². The van der Waals surface area contributed by atoms with E-state index in [1.165, 1.54) is 48.8 Å². The molecule has 1 aromatic carbocycles. The number of hydrogen-bond acceptors (Lipinski definition) is 4. The fraction of sp³-hybridized carbons (Fsp3) is 0.0667. The molecular formula is C15H10F3N3O2. The molecule has 3 rings (SSSR count). The topological polar surface area (TPSA) is 60.0 Å². The van der Waals surface area contributed by atoms with Gasteiger partial charge >= 0.3 is 6.61 Å². The number of H-pyrrole nitrogens is 1. The number of hydrogen-bond donors (Lipinski definition) is 1. The van der Waals surface area contributed by atoms with E-state index in [-0.39, 0.29) is 17.3 Å². The number of nitrogens with zero attached hydrogens (tertiary/aromatic N) is 2. The molecule has 0 radical (unpaired) electrons. The summed E-state index contributed by atoms with van der Waals surface area (Å²) in [7, 11) is 0. The van der Waals surface area contributed by atoms with Gasteiger partial charge in [0.25, 0.3) is 0 Å². The van der Waals surface area contributed by atoms with E-state index in [0.717, 1.165) is 0 Å². The van der Waals surface area contributed by atoms with Gasteiger partial charge in [-0.05, 0) is 18.2 Å². The highest BCUT2D eigenvalue weighted by atomic mass is 19.3. The summed E-state index contributed by atoms with van der Waals surface area (Å²) >= 11 is 0. The van der Waals surface area contributed by atoms with Crippen LogP contribution in [0.3, 0.4) is 0 Å². The van der Waals surface area contributed by atoms with E-state index in [1.807, 2.05) is 0 Å². The van der Waals surface area contributed by atoms with Crippen LogP contribution in [0.4, 0.5) is 13.2 Å². The molecule has 118 valence electrons. The smallest absolute Gasteiger partial charge is 0.387 e. The third-order valence-electron chi connectivity index (χ3n) is 2.84. The lowest BCUT2D eigenvalue weighted by Gasteiger charge is -2.12. The number of nitrogens with one attached hydrogen (secondary N) is 1. The number of aromatic nitrogens is 3. The van der Waals surface area contributed by atoms with Crippen LogP contribution >= 0.6 is 0 Å². The van der Waals surface area contributed by atoms with Gasteiger partial charge in [-0.1, -0.05) is 12.1 Å². The third-order valence-corrected chi connectivity index (χ3v) is 2.84. The van der Waals surface area contributed by atoms with Crippen LogP contribution in [0.1, 0.15) is 0 Å². The SMILES string of the molecule is Fc1cccc(-c2nc(Oc3cn[nH]c3)ccc2OC(F)F)c1. The van der Waals surface area contributed by atoms with E-state index >= 15 is 0 Å². The monoisotopic (exact) mass is 321 g/mol. The van der Waals surface area contributed by atoms with Gasteiger partial charge in [0.15, 0.2) is 11.5 Å². The van der Waals surface area contributed by atoms with Crippen molar-refractivity contribution >= 4 is 0 Å². The molecule has 0 saturated carbocycles. The van der Waals surface area contributed by atoms with Crippen molar-refractivity contribution in [2.45, 2.75) is 6.61 Å². The normalized spacial score (nSPS) is 10.8. The Bertz CT molecular complexity index is 794. The summed E-state index contributed by atoms with van der Waals surface area (Å²) in [5, 5.41) is 6.28. The lowest BCUT2D eigenvalue weighted by atomic mass is 10.1. The highest BCUT2D eigenvalue weighted by Gasteiger charge is 2.15. The maximum absolute atomic E-state index is 13.4. The van der Waals surface area contributed by atoms with Crippen LogP contribution in [0, 0.1) is 5.82 Å². The molecule has 0 aliphatic rings. The zero-order valence-corrected chi connectivity index (χ0v) is 11.5. The molecule has 5 nitrogen and oxygen atoms in total. The minimum Gasteiger partial charge on any atom is -0.436 e. The number of ether oxygens (including phenoxy) is 2. The van der Waals surface area contributed by atoms with Gasteiger partial charge in [0.1, 0.15) is 11.5 Å². The average Bonchev–Trinajstić information content (AvgIpc) is 3.01. The van der Waals surface area contributed by atoms with Crippen LogP contribution in [0.25, 0.3) is 11.3 Å². The first-order valence-electron chi connectivity index (χ1n) is 6.50. The van der Waals surface area contributed by atoms with E-state index in [0.29, 0.717) is 11.3 Å². The predicted molar refractivity (Wildman–Crippen MR) is 74.9 cm³/mol. The summed E-state index contributed by atoms with van der Waals surface area (Å²) in [5.74, 6) is -0.170. The van der Waals surface area contributed by atoms with Gasteiger partial charge < -0.3 is 9.47 Å². The third kappa shape index (κ3) is 3.60. The summed E-state index contributed by atoms with van der Waals surface area (Å²) in [6.07, 6.45) is 2.92. The molecule has 0 aliphatic carbocycles. The maximum atomic E-state index is 13.4. The van der Waals surface area contributed by atoms with Crippen LogP contribution in [-0.2, 0) is 0 Å². The van der Waals surface area contributed by atoms with E-state index < -0.39 is 12.4 Å². The minimum absolute atomic E-state index is 0.0470. The Morgan fingerprint density at radius 3 is 2.70 bits per heavy atom. The van der Waals surface area contributed by atoms with Crippen LogP contribution in [0.2, 0.25) is 0 Å². The molecule has 0 saturated heterocycles. The predicted octanol–water partition coefficient (Wildman–Crippen LogP) is 4.00. The van der Waals surface area contributed by atoms with Gasteiger partial charge in [-0.15, -0.1) is 0 Å². The quantitative estimate of drug-likeness (QED) is 0.771. The van der Waals surface area contributed by atoms with Gasteiger partial charge in [-0.2, -0.15) is 13.9 Å². The number of rotatable bonds is 5. The second-order valence-corrected chi connectivity index (χ2v) is 4.42. The van der Waals surface area contributed by atoms with Crippen molar-refractivity contribution in [1.82, 2.24) is 15.2 Å². The van der Waals surface area contributed by atoms with Crippen LogP contribution < -0.4 is 9.47 Å². The van der Waals surface area contributed by atoms with Crippen molar-refractivity contribution in [3.8, 4) is 28.6 Å². The van der Waals surface area contributed by atoms with Crippen LogP contribution in [0.5, 0.6) is 17.4 Å². The summed E-state index contributed by atoms with van der Waals surface area (Å²) in [6.45, 7) is -3.02. The zero-order chi connectivity index (χ0) is 16.2. The molecule has 0 unspecified atom stereocenters. The van der Waals surface area contributed by atoms with E-state index in [4.69, 9.17) is 4.74 Å². The Morgan fingerprint density at radius 1 is 1.13 bits per heavy atom. The van der Waals surface area contributed by atoms with Gasteiger partial charge in [0, 0.05) is 11.6 Å². The molecule has 0 bridgehead atoms. The molecule has 23 heavy (non-hydrogen) atoms. The Kier molecular flexibility index (Phi) is 4.13. The van der Waals surface area contributed by atoms with E-state index in [9.17, 15) is 13.2 Å². The highest BCUT2D eigenvalue weighted by Crippen LogP contribution is 2.32. The summed E-state index contributed by atoms with van der Waals surface area (Å²) in [4.78, 5) is 4.12. The van der Waals surface area contributed by atoms with Crippen LogP contribution in [0.15, 0.2) is 48.8 Å². The zero-order valence-electron chi connectivity index (χ0n) is 11.5. The molecular weight excluding hydrogens is 311 g/mol. The fourth-order valence-corrected chi connectivity index (χ4v) is 1.93. The highest BCUT2D eigenvalue weighted by molar-refractivity contribution is 5.67. The molecule has 3 aromatic rings. The van der Waals surface area contributed by atoms with Gasteiger partial charge in [-0.25, -0.2) is 9.37 Å². The number of aromatic amines is 1. The minimum atomic E-state index is -3.02. The molecule has 0 aliphatic heterocycles. The first-order chi connectivity index (χ1) is 11.1. The first kappa shape index (κ1) is 14.9. The molecule has 0 atom stereocenters. The van der Waals surface area contributed by atoms with Crippen molar-refractivity contribution < 1.29 is 22.6 Å². The fourth-order valence-electron chi connectivity index (χ4n) is 1.93. The first-order valence-corrected chi connectivity index (χ1v) is 6.50. The van der Waals surface area contributed by atoms with Crippen molar-refractivity contribution in [2.24, 2.45) is 0 Å². The standard InChI is InChI=1S/C15H10F3N3O2/c16-10-3-1-2-9(6-10)14-12(23-15(17)18)4-5-13(21-14)22-11-7-19-20-8-11/h1-8,15H,(H,19,20). The number of benzene rings is 1.